The quantitative estimate of drug-likeness (QED) is 0.625. The van der Waals surface area contributed by atoms with E-state index < -0.39 is 0 Å². The van der Waals surface area contributed by atoms with Crippen LogP contribution in [0.1, 0.15) is 24.0 Å². The number of nitrogens with zero attached hydrogens (tertiary/aromatic N) is 2. The highest BCUT2D eigenvalue weighted by Crippen LogP contribution is 2.17. The fourth-order valence-corrected chi connectivity index (χ4v) is 2.78. The number of aryl methyl sites for hydroxylation is 3. The number of unbranched alkanes of at least 4 members (excludes halogenated alkanes) is 1. The molecule has 0 saturated heterocycles. The largest absolute Gasteiger partial charge is 0.494 e. The normalized spacial score (nSPS) is 11.0. The molecule has 0 bridgehead atoms. The Morgan fingerprint density at radius 3 is 2.59 bits per heavy atom. The summed E-state index contributed by atoms with van der Waals surface area (Å²) in [4.78, 5) is 4.42. The predicted molar refractivity (Wildman–Crippen MR) is 90.4 cm³/mol. The van der Waals surface area contributed by atoms with Crippen LogP contribution in [0.25, 0.3) is 11.0 Å². The minimum absolute atomic E-state index is 0.759. The van der Waals surface area contributed by atoms with Crippen LogP contribution in [0.3, 0.4) is 0 Å². The van der Waals surface area contributed by atoms with Gasteiger partial charge in [-0.25, -0.2) is 4.98 Å². The SMILES string of the molecule is Cc1cc(C)cc(OCCCCn2cnc3ccccc32)c1. The van der Waals surface area contributed by atoms with Gasteiger partial charge in [-0.05, 0) is 62.1 Å². The minimum atomic E-state index is 0.759. The Kier molecular flexibility index (Phi) is 4.42. The maximum Gasteiger partial charge on any atom is 0.119 e. The summed E-state index contributed by atoms with van der Waals surface area (Å²) >= 11 is 0. The second-order valence-electron chi connectivity index (χ2n) is 5.81. The van der Waals surface area contributed by atoms with Crippen molar-refractivity contribution in [2.45, 2.75) is 33.2 Å². The van der Waals surface area contributed by atoms with E-state index in [1.807, 2.05) is 12.4 Å². The number of aromatic nitrogens is 2. The van der Waals surface area contributed by atoms with Crippen molar-refractivity contribution in [3.8, 4) is 5.75 Å². The summed E-state index contributed by atoms with van der Waals surface area (Å²) in [7, 11) is 0. The molecule has 0 atom stereocenters. The number of benzene rings is 2. The summed E-state index contributed by atoms with van der Waals surface area (Å²) in [5, 5.41) is 0. The molecule has 3 nitrogen and oxygen atoms in total. The fraction of sp³-hybridized carbons (Fsp3) is 0.316. The van der Waals surface area contributed by atoms with Crippen LogP contribution in [0.15, 0.2) is 48.8 Å². The Morgan fingerprint density at radius 1 is 1.00 bits per heavy atom. The van der Waals surface area contributed by atoms with E-state index in [2.05, 4.69) is 59.8 Å². The lowest BCUT2D eigenvalue weighted by molar-refractivity contribution is 0.303. The average Bonchev–Trinajstić information content (AvgIpc) is 2.89. The van der Waals surface area contributed by atoms with Crippen LogP contribution in [0.5, 0.6) is 5.75 Å². The van der Waals surface area contributed by atoms with E-state index in [0.717, 1.165) is 37.3 Å². The van der Waals surface area contributed by atoms with Crippen molar-refractivity contribution in [3.05, 3.63) is 59.9 Å². The van der Waals surface area contributed by atoms with Crippen molar-refractivity contribution in [1.82, 2.24) is 9.55 Å². The molecular formula is C19H22N2O. The summed E-state index contributed by atoms with van der Waals surface area (Å²) in [5.41, 5.74) is 4.77. The monoisotopic (exact) mass is 294 g/mol. The molecule has 0 aliphatic rings. The molecule has 0 N–H and O–H groups in total. The first-order valence-corrected chi connectivity index (χ1v) is 7.83. The highest BCUT2D eigenvalue weighted by Gasteiger charge is 2.01. The van der Waals surface area contributed by atoms with Crippen LogP contribution in [-0.2, 0) is 6.54 Å². The van der Waals surface area contributed by atoms with Gasteiger partial charge >= 0.3 is 0 Å². The van der Waals surface area contributed by atoms with Gasteiger partial charge in [-0.1, -0.05) is 18.2 Å². The summed E-state index contributed by atoms with van der Waals surface area (Å²) in [5.74, 6) is 0.977. The first-order valence-electron chi connectivity index (χ1n) is 7.83. The van der Waals surface area contributed by atoms with Gasteiger partial charge in [-0.3, -0.25) is 0 Å². The Labute approximate surface area is 131 Å². The van der Waals surface area contributed by atoms with Crippen LogP contribution in [0, 0.1) is 13.8 Å². The molecule has 3 aromatic rings. The zero-order valence-corrected chi connectivity index (χ0v) is 13.2. The number of para-hydroxylation sites is 2. The predicted octanol–water partition coefficient (Wildman–Crippen LogP) is 4.51. The number of hydrogen-bond donors (Lipinski definition) is 0. The van der Waals surface area contributed by atoms with E-state index in [-0.39, 0.29) is 0 Å². The van der Waals surface area contributed by atoms with Crippen LogP contribution in [0.4, 0.5) is 0 Å². The molecule has 0 aliphatic carbocycles. The Balaban J connectivity index is 1.47. The molecule has 22 heavy (non-hydrogen) atoms. The molecule has 0 spiro atoms. The lowest BCUT2D eigenvalue weighted by atomic mass is 10.1. The van der Waals surface area contributed by atoms with Gasteiger partial charge in [0.1, 0.15) is 5.75 Å². The van der Waals surface area contributed by atoms with Crippen LogP contribution < -0.4 is 4.74 Å². The van der Waals surface area contributed by atoms with Crippen molar-refractivity contribution < 1.29 is 4.74 Å². The van der Waals surface area contributed by atoms with Crippen LogP contribution in [-0.4, -0.2) is 16.2 Å². The first-order chi connectivity index (χ1) is 10.7. The van der Waals surface area contributed by atoms with Crippen molar-refractivity contribution in [3.63, 3.8) is 0 Å². The summed E-state index contributed by atoms with van der Waals surface area (Å²) in [6.07, 6.45) is 4.06. The van der Waals surface area contributed by atoms with E-state index >= 15 is 0 Å². The number of hydrogen-bond acceptors (Lipinski definition) is 2. The van der Waals surface area contributed by atoms with Gasteiger partial charge < -0.3 is 9.30 Å². The average molecular weight is 294 g/mol. The molecule has 0 unspecified atom stereocenters. The third-order valence-corrected chi connectivity index (χ3v) is 3.78. The summed E-state index contributed by atoms with van der Waals surface area (Å²) in [6, 6.07) is 14.6. The van der Waals surface area contributed by atoms with Crippen LogP contribution >= 0.6 is 0 Å². The lowest BCUT2D eigenvalue weighted by Crippen LogP contribution is -2.02. The van der Waals surface area contributed by atoms with Gasteiger partial charge in [0.25, 0.3) is 0 Å². The Bertz CT molecular complexity index is 741. The highest BCUT2D eigenvalue weighted by molar-refractivity contribution is 5.74. The fourth-order valence-electron chi connectivity index (χ4n) is 2.78. The first kappa shape index (κ1) is 14.6. The van der Waals surface area contributed by atoms with Gasteiger partial charge in [0.2, 0.25) is 0 Å². The Hall–Kier alpha value is -2.29. The molecule has 0 radical (unpaired) electrons. The zero-order valence-electron chi connectivity index (χ0n) is 13.2. The third-order valence-electron chi connectivity index (χ3n) is 3.78. The number of imidazole rings is 1. The second-order valence-corrected chi connectivity index (χ2v) is 5.81. The Morgan fingerprint density at radius 2 is 1.77 bits per heavy atom. The maximum absolute atomic E-state index is 5.85. The van der Waals surface area contributed by atoms with E-state index in [9.17, 15) is 0 Å². The number of fused-ring (bicyclic) bond motifs is 1. The van der Waals surface area contributed by atoms with Gasteiger partial charge in [0.15, 0.2) is 0 Å². The molecule has 0 fully saturated rings. The molecular weight excluding hydrogens is 272 g/mol. The van der Waals surface area contributed by atoms with E-state index in [4.69, 9.17) is 4.74 Å². The van der Waals surface area contributed by atoms with Gasteiger partial charge in [-0.2, -0.15) is 0 Å². The molecule has 1 heterocycles. The molecule has 3 rings (SSSR count). The van der Waals surface area contributed by atoms with Crippen molar-refractivity contribution >= 4 is 11.0 Å². The van der Waals surface area contributed by atoms with Crippen molar-refractivity contribution in [1.29, 1.82) is 0 Å². The van der Waals surface area contributed by atoms with Crippen LogP contribution in [0.2, 0.25) is 0 Å². The van der Waals surface area contributed by atoms with E-state index in [1.54, 1.807) is 0 Å². The van der Waals surface area contributed by atoms with Gasteiger partial charge in [0, 0.05) is 6.54 Å². The van der Waals surface area contributed by atoms with Gasteiger partial charge in [0.05, 0.1) is 24.0 Å². The smallest absolute Gasteiger partial charge is 0.119 e. The molecule has 0 aliphatic heterocycles. The number of rotatable bonds is 6. The van der Waals surface area contributed by atoms with Crippen molar-refractivity contribution in [2.75, 3.05) is 6.61 Å². The minimum Gasteiger partial charge on any atom is -0.494 e. The van der Waals surface area contributed by atoms with E-state index in [0.29, 0.717) is 0 Å². The lowest BCUT2D eigenvalue weighted by Gasteiger charge is -2.09. The van der Waals surface area contributed by atoms with Gasteiger partial charge in [-0.15, -0.1) is 0 Å². The summed E-state index contributed by atoms with van der Waals surface area (Å²) < 4.78 is 8.06. The zero-order chi connectivity index (χ0) is 15.4. The maximum atomic E-state index is 5.85. The third kappa shape index (κ3) is 3.48. The molecule has 3 heteroatoms. The summed E-state index contributed by atoms with van der Waals surface area (Å²) in [6.45, 7) is 5.94. The topological polar surface area (TPSA) is 27.1 Å². The molecule has 0 amide bonds. The van der Waals surface area contributed by atoms with E-state index in [1.165, 1.54) is 16.6 Å². The second kappa shape index (κ2) is 6.65. The molecule has 0 saturated carbocycles. The number of ether oxygens (including phenoxy) is 1. The highest BCUT2D eigenvalue weighted by atomic mass is 16.5. The molecule has 2 aromatic carbocycles. The standard InChI is InChI=1S/C19H22N2O/c1-15-11-16(2)13-17(12-15)22-10-6-5-9-21-14-20-18-7-3-4-8-19(18)21/h3-4,7-8,11-14H,5-6,9-10H2,1-2H3. The molecule has 1 aromatic heterocycles. The van der Waals surface area contributed by atoms with Crippen molar-refractivity contribution in [2.24, 2.45) is 0 Å². The molecule has 114 valence electrons.